The Labute approximate surface area is 90.9 Å². The molecule has 0 fully saturated rings. The highest BCUT2D eigenvalue weighted by atomic mass is 16.7. The minimum absolute atomic E-state index is 0.0898. The van der Waals surface area contributed by atoms with E-state index in [1.54, 1.807) is 0 Å². The molecule has 0 spiro atoms. The molecule has 2 atom stereocenters. The molecule has 0 radical (unpaired) electrons. The van der Waals surface area contributed by atoms with E-state index in [0.29, 0.717) is 0 Å². The Morgan fingerprint density at radius 3 is 2.20 bits per heavy atom. The lowest BCUT2D eigenvalue weighted by Gasteiger charge is -2.17. The van der Waals surface area contributed by atoms with Crippen LogP contribution in [0.5, 0.6) is 0 Å². The number of hydrogen-bond donors (Lipinski definition) is 0. The maximum Gasteiger partial charge on any atom is 0.311 e. The Morgan fingerprint density at radius 1 is 1.20 bits per heavy atom. The van der Waals surface area contributed by atoms with Gasteiger partial charge in [0.05, 0.1) is 5.92 Å². The molecule has 0 N–H and O–H groups in total. The molecule has 4 heteroatoms. The average Bonchev–Trinajstić information content (AvgIpc) is 2.12. The summed E-state index contributed by atoms with van der Waals surface area (Å²) in [6, 6.07) is 0. The summed E-state index contributed by atoms with van der Waals surface area (Å²) in [5, 5.41) is 0. The van der Waals surface area contributed by atoms with E-state index in [-0.39, 0.29) is 11.9 Å². The lowest BCUT2D eigenvalue weighted by molar-refractivity contribution is -0.186. The minimum Gasteiger partial charge on any atom is -0.426 e. The largest absolute Gasteiger partial charge is 0.426 e. The van der Waals surface area contributed by atoms with Gasteiger partial charge in [0, 0.05) is 13.8 Å². The quantitative estimate of drug-likeness (QED) is 0.505. The predicted molar refractivity (Wildman–Crippen MR) is 56.0 cm³/mol. The van der Waals surface area contributed by atoms with Gasteiger partial charge in [-0.1, -0.05) is 20.3 Å². The van der Waals surface area contributed by atoms with E-state index >= 15 is 0 Å². The van der Waals surface area contributed by atoms with Crippen LogP contribution in [0, 0.1) is 5.92 Å². The van der Waals surface area contributed by atoms with Gasteiger partial charge in [-0.2, -0.15) is 0 Å². The van der Waals surface area contributed by atoms with Crippen molar-refractivity contribution >= 4 is 11.9 Å². The summed E-state index contributed by atoms with van der Waals surface area (Å²) in [5.41, 5.74) is 0. The van der Waals surface area contributed by atoms with Gasteiger partial charge >= 0.3 is 11.9 Å². The molecule has 0 rings (SSSR count). The number of rotatable bonds is 6. The number of carbonyl (C=O) groups is 2. The Balaban J connectivity index is 4.03. The van der Waals surface area contributed by atoms with Gasteiger partial charge in [-0.05, 0) is 12.8 Å². The van der Waals surface area contributed by atoms with Crippen LogP contribution in [0.2, 0.25) is 0 Å². The van der Waals surface area contributed by atoms with Crippen LogP contribution in [0.4, 0.5) is 0 Å². The average molecular weight is 216 g/mol. The molecule has 0 aliphatic carbocycles. The second-order valence-corrected chi connectivity index (χ2v) is 3.51. The molecule has 0 aromatic heterocycles. The van der Waals surface area contributed by atoms with Crippen molar-refractivity contribution in [3.63, 3.8) is 0 Å². The summed E-state index contributed by atoms with van der Waals surface area (Å²) in [7, 11) is 0. The van der Waals surface area contributed by atoms with Gasteiger partial charge in [0.25, 0.3) is 0 Å². The van der Waals surface area contributed by atoms with Crippen molar-refractivity contribution in [1.29, 1.82) is 0 Å². The third kappa shape index (κ3) is 6.10. The van der Waals surface area contributed by atoms with E-state index in [4.69, 9.17) is 9.47 Å². The van der Waals surface area contributed by atoms with Crippen LogP contribution in [-0.2, 0) is 19.1 Å². The second kappa shape index (κ2) is 7.26. The molecule has 0 aromatic carbocycles. The molecule has 0 saturated carbocycles. The first kappa shape index (κ1) is 13.9. The monoisotopic (exact) mass is 216 g/mol. The maximum atomic E-state index is 11.5. The first-order valence-electron chi connectivity index (χ1n) is 5.38. The van der Waals surface area contributed by atoms with Gasteiger partial charge in [0.1, 0.15) is 0 Å². The highest BCUT2D eigenvalue weighted by Crippen LogP contribution is 2.14. The fourth-order valence-electron chi connectivity index (χ4n) is 1.35. The molecule has 88 valence electrons. The molecule has 0 aliphatic heterocycles. The molecule has 2 unspecified atom stereocenters. The van der Waals surface area contributed by atoms with Crippen LogP contribution in [0.25, 0.3) is 0 Å². The van der Waals surface area contributed by atoms with Crippen molar-refractivity contribution in [3.8, 4) is 0 Å². The van der Waals surface area contributed by atoms with Gasteiger partial charge in [0.15, 0.2) is 0 Å². The van der Waals surface area contributed by atoms with Gasteiger partial charge in [-0.15, -0.1) is 0 Å². The molecule has 15 heavy (non-hydrogen) atoms. The van der Waals surface area contributed by atoms with E-state index in [1.165, 1.54) is 13.8 Å². The predicted octanol–water partition coefficient (Wildman–Crippen LogP) is 2.27. The van der Waals surface area contributed by atoms with Crippen molar-refractivity contribution in [2.45, 2.75) is 53.2 Å². The van der Waals surface area contributed by atoms with Crippen molar-refractivity contribution in [2.75, 3.05) is 0 Å². The zero-order valence-corrected chi connectivity index (χ0v) is 9.91. The molecular weight excluding hydrogens is 196 g/mol. The van der Waals surface area contributed by atoms with E-state index in [9.17, 15) is 9.59 Å². The highest BCUT2D eigenvalue weighted by Gasteiger charge is 2.20. The standard InChI is InChI=1S/C11H20O4/c1-5-7-10(6-2)11(13)15-9(4)14-8(3)12/h9-10H,5-7H2,1-4H3. The summed E-state index contributed by atoms with van der Waals surface area (Å²) >= 11 is 0. The van der Waals surface area contributed by atoms with E-state index in [1.807, 2.05) is 13.8 Å². The van der Waals surface area contributed by atoms with Crippen LogP contribution >= 0.6 is 0 Å². The van der Waals surface area contributed by atoms with E-state index < -0.39 is 12.3 Å². The second-order valence-electron chi connectivity index (χ2n) is 3.51. The van der Waals surface area contributed by atoms with Crippen LogP contribution in [-0.4, -0.2) is 18.2 Å². The van der Waals surface area contributed by atoms with Crippen LogP contribution < -0.4 is 0 Å². The third-order valence-corrected chi connectivity index (χ3v) is 2.08. The SMILES string of the molecule is CCCC(CC)C(=O)OC(C)OC(C)=O. The lowest BCUT2D eigenvalue weighted by atomic mass is 10.0. The Kier molecular flexibility index (Phi) is 6.75. The van der Waals surface area contributed by atoms with Crippen molar-refractivity contribution in [1.82, 2.24) is 0 Å². The maximum absolute atomic E-state index is 11.5. The van der Waals surface area contributed by atoms with E-state index in [2.05, 4.69) is 0 Å². The zero-order chi connectivity index (χ0) is 11.8. The molecule has 0 amide bonds. The Hall–Kier alpha value is -1.06. The highest BCUT2D eigenvalue weighted by molar-refractivity contribution is 5.72. The molecule has 0 heterocycles. The normalized spacial score (nSPS) is 14.1. The summed E-state index contributed by atoms with van der Waals surface area (Å²) in [4.78, 5) is 22.1. The molecule has 0 aromatic rings. The first-order valence-corrected chi connectivity index (χ1v) is 5.38. The molecule has 0 aliphatic rings. The van der Waals surface area contributed by atoms with Gasteiger partial charge < -0.3 is 9.47 Å². The molecule has 0 bridgehead atoms. The number of ether oxygens (including phenoxy) is 2. The fraction of sp³-hybridized carbons (Fsp3) is 0.818. The number of carbonyl (C=O) groups excluding carboxylic acids is 2. The van der Waals surface area contributed by atoms with Crippen LogP contribution in [0.3, 0.4) is 0 Å². The van der Waals surface area contributed by atoms with Crippen molar-refractivity contribution < 1.29 is 19.1 Å². The van der Waals surface area contributed by atoms with Gasteiger partial charge in [-0.25, -0.2) is 0 Å². The molecule has 4 nitrogen and oxygen atoms in total. The zero-order valence-electron chi connectivity index (χ0n) is 9.91. The number of hydrogen-bond acceptors (Lipinski definition) is 4. The fourth-order valence-corrected chi connectivity index (χ4v) is 1.35. The van der Waals surface area contributed by atoms with Gasteiger partial charge in [0.2, 0.25) is 6.29 Å². The smallest absolute Gasteiger partial charge is 0.311 e. The van der Waals surface area contributed by atoms with Crippen molar-refractivity contribution in [3.05, 3.63) is 0 Å². The first-order chi connectivity index (χ1) is 7.01. The van der Waals surface area contributed by atoms with Crippen LogP contribution in [0.1, 0.15) is 47.0 Å². The summed E-state index contributed by atoms with van der Waals surface area (Å²) in [5.74, 6) is -0.819. The van der Waals surface area contributed by atoms with Crippen molar-refractivity contribution in [2.24, 2.45) is 5.92 Å². The van der Waals surface area contributed by atoms with Gasteiger partial charge in [-0.3, -0.25) is 9.59 Å². The topological polar surface area (TPSA) is 52.6 Å². The minimum atomic E-state index is -0.791. The summed E-state index contributed by atoms with van der Waals surface area (Å²) < 4.78 is 9.70. The summed E-state index contributed by atoms with van der Waals surface area (Å²) in [6.07, 6.45) is 1.71. The van der Waals surface area contributed by atoms with Crippen LogP contribution in [0.15, 0.2) is 0 Å². The summed E-state index contributed by atoms with van der Waals surface area (Å²) in [6.45, 7) is 6.79. The third-order valence-electron chi connectivity index (χ3n) is 2.08. The lowest BCUT2D eigenvalue weighted by Crippen LogP contribution is -2.25. The molecular formula is C11H20O4. The van der Waals surface area contributed by atoms with E-state index in [0.717, 1.165) is 19.3 Å². The number of esters is 2. The Bertz CT molecular complexity index is 213. The Morgan fingerprint density at radius 2 is 1.80 bits per heavy atom. The molecule has 0 saturated heterocycles.